The molecule has 0 unspecified atom stereocenters. The Balaban J connectivity index is 1.37. The summed E-state index contributed by atoms with van der Waals surface area (Å²) in [4.78, 5) is 31.9. The minimum atomic E-state index is -2.84. The first kappa shape index (κ1) is 25.8. The molecule has 10 heteroatoms. The van der Waals surface area contributed by atoms with Crippen LogP contribution in [0.2, 0.25) is 0 Å². The molecule has 1 N–H and O–H groups in total. The molecular weight excluding hydrogens is 534 g/mol. The van der Waals surface area contributed by atoms with Crippen molar-refractivity contribution in [3.05, 3.63) is 106 Å². The maximum Gasteiger partial charge on any atom is 0.341 e. The number of carbonyl (C=O) groups is 2. The molecule has 40 heavy (non-hydrogen) atoms. The van der Waals surface area contributed by atoms with Crippen LogP contribution in [0.5, 0.6) is 0 Å². The average molecular weight is 559 g/mol. The number of halogens is 2. The zero-order valence-electron chi connectivity index (χ0n) is 21.4. The number of amides is 1. The van der Waals surface area contributed by atoms with E-state index in [1.807, 2.05) is 24.3 Å². The van der Waals surface area contributed by atoms with E-state index >= 15 is 0 Å². The second kappa shape index (κ2) is 10.6. The lowest BCUT2D eigenvalue weighted by atomic mass is 9.83. The molecule has 1 aliphatic carbocycles. The Kier molecular flexibility index (Phi) is 6.85. The van der Waals surface area contributed by atoms with Crippen LogP contribution in [0.3, 0.4) is 0 Å². The molecule has 5 aromatic rings. The van der Waals surface area contributed by atoms with Crippen molar-refractivity contribution < 1.29 is 23.1 Å². The van der Waals surface area contributed by atoms with Crippen LogP contribution in [0.4, 0.5) is 13.8 Å². The monoisotopic (exact) mass is 558 g/mol. The molecule has 0 saturated heterocycles. The maximum absolute atomic E-state index is 14.0. The maximum atomic E-state index is 14.0. The van der Waals surface area contributed by atoms with Crippen molar-refractivity contribution in [2.24, 2.45) is 0 Å². The summed E-state index contributed by atoms with van der Waals surface area (Å²) >= 11 is 1.34. The number of methoxy groups -OCH3 is 1. The molecule has 1 aliphatic rings. The molecule has 202 valence electrons. The van der Waals surface area contributed by atoms with E-state index in [9.17, 15) is 18.4 Å². The van der Waals surface area contributed by atoms with E-state index < -0.39 is 18.3 Å². The van der Waals surface area contributed by atoms with Crippen LogP contribution in [-0.2, 0) is 17.6 Å². The van der Waals surface area contributed by atoms with E-state index in [-0.39, 0.29) is 16.9 Å². The molecule has 0 aliphatic heterocycles. The number of hydrogen-bond acceptors (Lipinski definition) is 6. The first-order valence-electron chi connectivity index (χ1n) is 12.8. The van der Waals surface area contributed by atoms with Crippen molar-refractivity contribution in [1.29, 1.82) is 0 Å². The molecule has 0 radical (unpaired) electrons. The van der Waals surface area contributed by atoms with E-state index in [0.29, 0.717) is 34.2 Å². The number of rotatable bonds is 6. The Labute approximate surface area is 232 Å². The Morgan fingerprint density at radius 1 is 1.10 bits per heavy atom. The lowest BCUT2D eigenvalue weighted by molar-refractivity contribution is 0.0601. The fourth-order valence-corrected chi connectivity index (χ4v) is 6.54. The number of benzene rings is 2. The summed E-state index contributed by atoms with van der Waals surface area (Å²) in [6.07, 6.45) is 0.649. The van der Waals surface area contributed by atoms with E-state index in [0.717, 1.165) is 27.8 Å². The van der Waals surface area contributed by atoms with Crippen molar-refractivity contribution in [1.82, 2.24) is 14.6 Å². The van der Waals surface area contributed by atoms with Gasteiger partial charge in [-0.25, -0.2) is 23.1 Å². The van der Waals surface area contributed by atoms with Gasteiger partial charge in [-0.1, -0.05) is 60.7 Å². The molecule has 7 nitrogen and oxygen atoms in total. The number of esters is 1. The molecule has 0 bridgehead atoms. The van der Waals surface area contributed by atoms with Crippen LogP contribution in [0.15, 0.2) is 72.9 Å². The summed E-state index contributed by atoms with van der Waals surface area (Å²) in [6, 6.07) is 20.4. The van der Waals surface area contributed by atoms with Crippen LogP contribution in [-0.4, -0.2) is 33.6 Å². The molecule has 3 heterocycles. The second-order valence-corrected chi connectivity index (χ2v) is 10.6. The number of thiophene rings is 1. The fourth-order valence-electron chi connectivity index (χ4n) is 5.23. The van der Waals surface area contributed by atoms with Crippen molar-refractivity contribution >= 4 is 33.9 Å². The molecule has 6 rings (SSSR count). The number of nitrogens with one attached hydrogen (secondary N) is 1. The van der Waals surface area contributed by atoms with Gasteiger partial charge in [0.15, 0.2) is 5.65 Å². The highest BCUT2D eigenvalue weighted by Crippen LogP contribution is 2.43. The van der Waals surface area contributed by atoms with Gasteiger partial charge in [0.25, 0.3) is 12.3 Å². The largest absolute Gasteiger partial charge is 0.465 e. The molecule has 3 aromatic heterocycles. The molecule has 2 aromatic carbocycles. The SMILES string of the molecule is COC(=O)c1c(NC(=O)c2cnn3c(C(F)F)cc(-c4ccccc4)nc23)sc2c1CC[C@@H](c1ccccc1)C2. The normalized spacial score (nSPS) is 14.8. The number of alkyl halides is 2. The number of anilines is 1. The van der Waals surface area contributed by atoms with Gasteiger partial charge in [0.2, 0.25) is 0 Å². The highest BCUT2D eigenvalue weighted by Gasteiger charge is 2.31. The lowest BCUT2D eigenvalue weighted by Crippen LogP contribution is -2.16. The van der Waals surface area contributed by atoms with Crippen molar-refractivity contribution in [3.8, 4) is 11.3 Å². The zero-order valence-corrected chi connectivity index (χ0v) is 22.3. The predicted octanol–water partition coefficient (Wildman–Crippen LogP) is 6.71. The molecule has 0 fully saturated rings. The standard InChI is InChI=1S/C30H24F2N4O3S/c1-39-30(38)25-20-13-12-19(17-8-4-2-5-9-17)14-24(20)40-29(25)35-28(37)21-16-33-36-23(26(31)32)15-22(34-27(21)36)18-10-6-3-7-11-18/h2-11,15-16,19,26H,12-14H2,1H3,(H,35,37)/t19-/m1/s1. The molecular formula is C30H24F2N4O3S. The third kappa shape index (κ3) is 4.64. The quantitative estimate of drug-likeness (QED) is 0.234. The minimum absolute atomic E-state index is 0.000711. The Morgan fingerprint density at radius 2 is 1.82 bits per heavy atom. The summed E-state index contributed by atoms with van der Waals surface area (Å²) in [5.74, 6) is -0.832. The second-order valence-electron chi connectivity index (χ2n) is 9.53. The summed E-state index contributed by atoms with van der Waals surface area (Å²) in [5.41, 5.74) is 3.01. The highest BCUT2D eigenvalue weighted by molar-refractivity contribution is 7.17. The minimum Gasteiger partial charge on any atom is -0.465 e. The number of nitrogens with zero attached hydrogens (tertiary/aromatic N) is 3. The number of aromatic nitrogens is 3. The van der Waals surface area contributed by atoms with Crippen molar-refractivity contribution in [3.63, 3.8) is 0 Å². The third-order valence-electron chi connectivity index (χ3n) is 7.19. The van der Waals surface area contributed by atoms with Crippen molar-refractivity contribution in [2.45, 2.75) is 31.6 Å². The number of fused-ring (bicyclic) bond motifs is 2. The van der Waals surface area contributed by atoms with Gasteiger partial charge in [0, 0.05) is 10.4 Å². The van der Waals surface area contributed by atoms with Gasteiger partial charge >= 0.3 is 5.97 Å². The first-order chi connectivity index (χ1) is 19.4. The summed E-state index contributed by atoms with van der Waals surface area (Å²) in [6.45, 7) is 0. The average Bonchev–Trinajstić information content (AvgIpc) is 3.58. The molecule has 0 spiro atoms. The van der Waals surface area contributed by atoms with Gasteiger partial charge < -0.3 is 10.1 Å². The van der Waals surface area contributed by atoms with Crippen LogP contribution in [0.1, 0.15) is 61.2 Å². The van der Waals surface area contributed by atoms with Gasteiger partial charge in [-0.05, 0) is 42.4 Å². The van der Waals surface area contributed by atoms with Gasteiger partial charge in [-0.3, -0.25) is 4.79 Å². The van der Waals surface area contributed by atoms with Gasteiger partial charge in [-0.15, -0.1) is 11.3 Å². The molecule has 0 saturated carbocycles. The number of carbonyl (C=O) groups excluding carboxylic acids is 2. The Hall–Kier alpha value is -4.44. The Morgan fingerprint density at radius 3 is 2.52 bits per heavy atom. The predicted molar refractivity (Wildman–Crippen MR) is 148 cm³/mol. The van der Waals surface area contributed by atoms with E-state index in [4.69, 9.17) is 4.74 Å². The van der Waals surface area contributed by atoms with Crippen LogP contribution in [0.25, 0.3) is 16.9 Å². The van der Waals surface area contributed by atoms with Gasteiger partial charge in [0.05, 0.1) is 24.6 Å². The van der Waals surface area contributed by atoms with Gasteiger partial charge in [-0.2, -0.15) is 5.10 Å². The van der Waals surface area contributed by atoms with E-state index in [1.54, 1.807) is 24.3 Å². The van der Waals surface area contributed by atoms with Crippen LogP contribution in [0, 0.1) is 0 Å². The summed E-state index contributed by atoms with van der Waals surface area (Å²) < 4.78 is 34.0. The van der Waals surface area contributed by atoms with E-state index in [1.165, 1.54) is 36.3 Å². The molecule has 1 amide bonds. The fraction of sp³-hybridized carbons (Fsp3) is 0.200. The number of hydrogen-bond donors (Lipinski definition) is 1. The zero-order chi connectivity index (χ0) is 27.8. The topological polar surface area (TPSA) is 85.6 Å². The van der Waals surface area contributed by atoms with Crippen LogP contribution >= 0.6 is 11.3 Å². The summed E-state index contributed by atoms with van der Waals surface area (Å²) in [5, 5.41) is 7.25. The third-order valence-corrected chi connectivity index (χ3v) is 8.36. The Bertz CT molecular complexity index is 1720. The highest BCUT2D eigenvalue weighted by atomic mass is 32.1. The molecule has 1 atom stereocenters. The first-order valence-corrected chi connectivity index (χ1v) is 13.6. The lowest BCUT2D eigenvalue weighted by Gasteiger charge is -2.22. The van der Waals surface area contributed by atoms with Crippen LogP contribution < -0.4 is 5.32 Å². The summed E-state index contributed by atoms with van der Waals surface area (Å²) in [7, 11) is 1.31. The number of ether oxygens (including phenoxy) is 1. The van der Waals surface area contributed by atoms with Crippen molar-refractivity contribution in [2.75, 3.05) is 12.4 Å². The van der Waals surface area contributed by atoms with Gasteiger partial charge in [0.1, 0.15) is 16.3 Å². The van der Waals surface area contributed by atoms with E-state index in [2.05, 4.69) is 27.5 Å². The smallest absolute Gasteiger partial charge is 0.341 e.